The molecule has 2 atom stereocenters. The monoisotopic (exact) mass is 391 g/mol. The number of aryl methyl sites for hydroxylation is 1. The van der Waals surface area contributed by atoms with Gasteiger partial charge in [0.25, 0.3) is 0 Å². The summed E-state index contributed by atoms with van der Waals surface area (Å²) in [5.74, 6) is 1.06. The van der Waals surface area contributed by atoms with E-state index in [2.05, 4.69) is 10.2 Å². The summed E-state index contributed by atoms with van der Waals surface area (Å²) in [6.07, 6.45) is 3.70. The maximum atomic E-state index is 12.3. The van der Waals surface area contributed by atoms with Gasteiger partial charge in [0, 0.05) is 19.0 Å². The van der Waals surface area contributed by atoms with Crippen LogP contribution in [0.1, 0.15) is 31.2 Å². The van der Waals surface area contributed by atoms with Gasteiger partial charge >= 0.3 is 0 Å². The summed E-state index contributed by atoms with van der Waals surface area (Å²) in [6, 6.07) is 6.02. The molecule has 0 bridgehead atoms. The van der Waals surface area contributed by atoms with Crippen LogP contribution in [0.15, 0.2) is 18.2 Å². The van der Waals surface area contributed by atoms with Crippen molar-refractivity contribution >= 4 is 36.4 Å². The standard InChI is InChI=1S/C18H29N3O2.2ClH/c1-13-7-8-16(17(11-13)23-10-9-21(2)3)20-18(22)12-14-5-4-6-15(14)19;;/h7-8,11,14-15H,4-6,9-10,12,19H2,1-3H3,(H,20,22);2*1H/t14-,15+;;/m0../s1. The Hall–Kier alpha value is -1.01. The zero-order valence-corrected chi connectivity index (χ0v) is 16.9. The number of rotatable bonds is 7. The van der Waals surface area contributed by atoms with E-state index in [1.165, 1.54) is 0 Å². The number of likely N-dealkylation sites (N-methyl/N-ethyl adjacent to an activating group) is 1. The first kappa shape index (κ1) is 24.0. The van der Waals surface area contributed by atoms with E-state index in [1.54, 1.807) is 0 Å². The van der Waals surface area contributed by atoms with Gasteiger partial charge in [-0.1, -0.05) is 12.5 Å². The fourth-order valence-electron chi connectivity index (χ4n) is 2.95. The van der Waals surface area contributed by atoms with Crippen LogP contribution in [0.4, 0.5) is 5.69 Å². The molecule has 1 saturated carbocycles. The summed E-state index contributed by atoms with van der Waals surface area (Å²) < 4.78 is 5.84. The molecule has 0 aromatic heterocycles. The smallest absolute Gasteiger partial charge is 0.224 e. The van der Waals surface area contributed by atoms with Crippen molar-refractivity contribution in [1.82, 2.24) is 4.90 Å². The molecule has 7 heteroatoms. The maximum Gasteiger partial charge on any atom is 0.224 e. The molecule has 1 aliphatic rings. The highest BCUT2D eigenvalue weighted by Gasteiger charge is 2.26. The molecule has 1 aromatic carbocycles. The molecule has 0 aliphatic heterocycles. The van der Waals surface area contributed by atoms with Crippen LogP contribution in [0.25, 0.3) is 0 Å². The van der Waals surface area contributed by atoms with Gasteiger partial charge in [0.1, 0.15) is 12.4 Å². The molecule has 1 amide bonds. The van der Waals surface area contributed by atoms with E-state index in [0.717, 1.165) is 42.8 Å². The third kappa shape index (κ3) is 7.82. The van der Waals surface area contributed by atoms with Crippen molar-refractivity contribution in [3.8, 4) is 5.75 Å². The fraction of sp³-hybridized carbons (Fsp3) is 0.611. The Morgan fingerprint density at radius 3 is 2.64 bits per heavy atom. The highest BCUT2D eigenvalue weighted by atomic mass is 35.5. The van der Waals surface area contributed by atoms with Gasteiger partial charge in [-0.25, -0.2) is 0 Å². The van der Waals surface area contributed by atoms with E-state index in [4.69, 9.17) is 10.5 Å². The largest absolute Gasteiger partial charge is 0.490 e. The number of amides is 1. The van der Waals surface area contributed by atoms with Crippen LogP contribution < -0.4 is 15.8 Å². The van der Waals surface area contributed by atoms with Crippen LogP contribution in [0.5, 0.6) is 5.75 Å². The second-order valence-corrected chi connectivity index (χ2v) is 6.76. The molecule has 1 fully saturated rings. The molecule has 3 N–H and O–H groups in total. The van der Waals surface area contributed by atoms with Gasteiger partial charge in [-0.2, -0.15) is 0 Å². The summed E-state index contributed by atoms with van der Waals surface area (Å²) in [6.45, 7) is 3.44. The molecule has 25 heavy (non-hydrogen) atoms. The quantitative estimate of drug-likeness (QED) is 0.748. The summed E-state index contributed by atoms with van der Waals surface area (Å²) in [5, 5.41) is 2.99. The molecule has 1 aromatic rings. The van der Waals surface area contributed by atoms with Crippen LogP contribution in [-0.2, 0) is 4.79 Å². The van der Waals surface area contributed by atoms with Crippen molar-refractivity contribution in [2.45, 2.75) is 38.6 Å². The van der Waals surface area contributed by atoms with Gasteiger partial charge in [-0.15, -0.1) is 24.8 Å². The fourth-order valence-corrected chi connectivity index (χ4v) is 2.95. The Morgan fingerprint density at radius 1 is 1.32 bits per heavy atom. The van der Waals surface area contributed by atoms with Crippen molar-refractivity contribution in [3.05, 3.63) is 23.8 Å². The molecule has 144 valence electrons. The summed E-state index contributed by atoms with van der Waals surface area (Å²) in [5.41, 5.74) is 7.91. The van der Waals surface area contributed by atoms with Crippen LogP contribution in [0, 0.1) is 12.8 Å². The van der Waals surface area contributed by atoms with Gasteiger partial charge in [0.15, 0.2) is 0 Å². The third-order valence-electron chi connectivity index (χ3n) is 4.37. The predicted octanol–water partition coefficient (Wildman–Crippen LogP) is 3.24. The van der Waals surface area contributed by atoms with Crippen LogP contribution in [-0.4, -0.2) is 44.1 Å². The second kappa shape index (κ2) is 11.6. The Kier molecular flexibility index (Phi) is 11.1. The number of hydrogen-bond donors (Lipinski definition) is 2. The molecule has 0 unspecified atom stereocenters. The number of carbonyl (C=O) groups is 1. The lowest BCUT2D eigenvalue weighted by Crippen LogP contribution is -2.28. The topological polar surface area (TPSA) is 67.6 Å². The van der Waals surface area contributed by atoms with E-state index in [1.807, 2.05) is 39.2 Å². The lowest BCUT2D eigenvalue weighted by atomic mass is 10.00. The van der Waals surface area contributed by atoms with Gasteiger partial charge < -0.3 is 20.7 Å². The zero-order chi connectivity index (χ0) is 16.8. The number of carbonyl (C=O) groups excluding carboxylic acids is 1. The van der Waals surface area contributed by atoms with Crippen molar-refractivity contribution < 1.29 is 9.53 Å². The lowest BCUT2D eigenvalue weighted by molar-refractivity contribution is -0.117. The maximum absolute atomic E-state index is 12.3. The van der Waals surface area contributed by atoms with Crippen LogP contribution in [0.3, 0.4) is 0 Å². The number of anilines is 1. The molecular formula is C18H31Cl2N3O2. The molecule has 0 saturated heterocycles. The zero-order valence-electron chi connectivity index (χ0n) is 15.3. The number of nitrogens with two attached hydrogens (primary N) is 1. The number of benzene rings is 1. The predicted molar refractivity (Wildman–Crippen MR) is 108 cm³/mol. The summed E-state index contributed by atoms with van der Waals surface area (Å²) in [4.78, 5) is 14.4. The Bertz CT molecular complexity index is 541. The number of nitrogens with zero attached hydrogens (tertiary/aromatic N) is 1. The number of ether oxygens (including phenoxy) is 1. The van der Waals surface area contributed by atoms with Crippen LogP contribution >= 0.6 is 24.8 Å². The molecule has 5 nitrogen and oxygen atoms in total. The van der Waals surface area contributed by atoms with Gasteiger partial charge in [0.2, 0.25) is 5.91 Å². The van der Waals surface area contributed by atoms with E-state index in [0.29, 0.717) is 18.9 Å². The van der Waals surface area contributed by atoms with Crippen molar-refractivity contribution in [2.75, 3.05) is 32.6 Å². The minimum Gasteiger partial charge on any atom is -0.490 e. The molecule has 0 radical (unpaired) electrons. The summed E-state index contributed by atoms with van der Waals surface area (Å²) >= 11 is 0. The Balaban J connectivity index is 0.00000288. The number of nitrogens with one attached hydrogen (secondary N) is 1. The molecule has 1 aliphatic carbocycles. The normalized spacial score (nSPS) is 19.1. The van der Waals surface area contributed by atoms with E-state index in [-0.39, 0.29) is 36.8 Å². The van der Waals surface area contributed by atoms with Gasteiger partial charge in [0.05, 0.1) is 5.69 Å². The van der Waals surface area contributed by atoms with E-state index >= 15 is 0 Å². The highest BCUT2D eigenvalue weighted by molar-refractivity contribution is 5.92. The first-order chi connectivity index (χ1) is 11.0. The Labute approximate surface area is 163 Å². The number of halogens is 2. The van der Waals surface area contributed by atoms with E-state index < -0.39 is 0 Å². The lowest BCUT2D eigenvalue weighted by Gasteiger charge is -2.17. The minimum absolute atomic E-state index is 0. The first-order valence-electron chi connectivity index (χ1n) is 8.39. The van der Waals surface area contributed by atoms with Crippen LogP contribution in [0.2, 0.25) is 0 Å². The second-order valence-electron chi connectivity index (χ2n) is 6.76. The van der Waals surface area contributed by atoms with Crippen molar-refractivity contribution in [3.63, 3.8) is 0 Å². The highest BCUT2D eigenvalue weighted by Crippen LogP contribution is 2.29. The summed E-state index contributed by atoms with van der Waals surface area (Å²) in [7, 11) is 4.01. The van der Waals surface area contributed by atoms with Gasteiger partial charge in [-0.3, -0.25) is 4.79 Å². The van der Waals surface area contributed by atoms with Crippen molar-refractivity contribution in [2.24, 2.45) is 11.7 Å². The van der Waals surface area contributed by atoms with Crippen molar-refractivity contribution in [1.29, 1.82) is 0 Å². The third-order valence-corrected chi connectivity index (χ3v) is 4.37. The number of hydrogen-bond acceptors (Lipinski definition) is 4. The molecular weight excluding hydrogens is 361 g/mol. The average molecular weight is 392 g/mol. The Morgan fingerprint density at radius 2 is 2.04 bits per heavy atom. The average Bonchev–Trinajstić information content (AvgIpc) is 2.86. The molecule has 0 spiro atoms. The van der Waals surface area contributed by atoms with Gasteiger partial charge in [-0.05, 0) is 57.5 Å². The van der Waals surface area contributed by atoms with E-state index in [9.17, 15) is 4.79 Å². The molecule has 0 heterocycles. The minimum atomic E-state index is 0. The SMILES string of the molecule is Cc1ccc(NC(=O)C[C@@H]2CCC[C@H]2N)c(OCCN(C)C)c1.Cl.Cl. The first-order valence-corrected chi connectivity index (χ1v) is 8.39. The molecule has 2 rings (SSSR count).